The van der Waals surface area contributed by atoms with Gasteiger partial charge in [-0.25, -0.2) is 4.98 Å². The molecule has 3 rings (SSSR count). The standard InChI is InChI=1S/C14H14N2O2S/c1-8-9(2)15-13(16-14(8)19)12-7-17-10-5-3-4-6-11(10)18-12/h3-6,12H,7H2,1-2H3,(H,15,16,19). The summed E-state index contributed by atoms with van der Waals surface area (Å²) < 4.78 is 12.2. The lowest BCUT2D eigenvalue weighted by Crippen LogP contribution is -2.24. The lowest BCUT2D eigenvalue weighted by molar-refractivity contribution is 0.0848. The van der Waals surface area contributed by atoms with Gasteiger partial charge in [0.2, 0.25) is 0 Å². The first-order valence-electron chi connectivity index (χ1n) is 6.11. The third-order valence-electron chi connectivity index (χ3n) is 3.23. The van der Waals surface area contributed by atoms with Gasteiger partial charge in [0.15, 0.2) is 23.4 Å². The summed E-state index contributed by atoms with van der Waals surface area (Å²) in [5.41, 5.74) is 2.01. The number of para-hydroxylation sites is 2. The van der Waals surface area contributed by atoms with Crippen LogP contribution in [-0.2, 0) is 0 Å². The Morgan fingerprint density at radius 3 is 2.74 bits per heavy atom. The molecule has 1 aromatic carbocycles. The van der Waals surface area contributed by atoms with Gasteiger partial charge in [-0.15, -0.1) is 0 Å². The smallest absolute Gasteiger partial charge is 0.190 e. The van der Waals surface area contributed by atoms with Gasteiger partial charge in [-0.05, 0) is 26.0 Å². The number of nitrogens with zero attached hydrogens (tertiary/aromatic N) is 1. The van der Waals surface area contributed by atoms with Crippen molar-refractivity contribution in [1.29, 1.82) is 0 Å². The van der Waals surface area contributed by atoms with Gasteiger partial charge in [0.1, 0.15) is 11.2 Å². The maximum Gasteiger partial charge on any atom is 0.190 e. The first-order valence-corrected chi connectivity index (χ1v) is 6.52. The topological polar surface area (TPSA) is 47.1 Å². The van der Waals surface area contributed by atoms with E-state index in [9.17, 15) is 0 Å². The molecule has 2 heterocycles. The fourth-order valence-electron chi connectivity index (χ4n) is 1.97. The van der Waals surface area contributed by atoms with Gasteiger partial charge in [-0.1, -0.05) is 24.4 Å². The third-order valence-corrected chi connectivity index (χ3v) is 3.63. The van der Waals surface area contributed by atoms with Gasteiger partial charge in [0.05, 0.1) is 0 Å². The first-order chi connectivity index (χ1) is 9.15. The van der Waals surface area contributed by atoms with Crippen LogP contribution in [0.4, 0.5) is 0 Å². The molecule has 4 nitrogen and oxygen atoms in total. The fraction of sp³-hybridized carbons (Fsp3) is 0.286. The average molecular weight is 274 g/mol. The van der Waals surface area contributed by atoms with E-state index in [0.29, 0.717) is 17.1 Å². The van der Waals surface area contributed by atoms with Crippen LogP contribution in [0.2, 0.25) is 0 Å². The Labute approximate surface area is 116 Å². The number of hydrogen-bond donors (Lipinski definition) is 1. The van der Waals surface area contributed by atoms with Gasteiger partial charge >= 0.3 is 0 Å². The van der Waals surface area contributed by atoms with Crippen LogP contribution in [0.3, 0.4) is 0 Å². The van der Waals surface area contributed by atoms with E-state index in [1.807, 2.05) is 38.1 Å². The molecule has 1 aromatic heterocycles. The molecule has 1 N–H and O–H groups in total. The molecule has 5 heteroatoms. The molecule has 98 valence electrons. The highest BCUT2D eigenvalue weighted by atomic mass is 32.1. The average Bonchev–Trinajstić information content (AvgIpc) is 2.43. The predicted octanol–water partition coefficient (Wildman–Crippen LogP) is 3.27. The van der Waals surface area contributed by atoms with Gasteiger partial charge in [-0.2, -0.15) is 0 Å². The summed E-state index contributed by atoms with van der Waals surface area (Å²) in [6.45, 7) is 4.37. The fourth-order valence-corrected chi connectivity index (χ4v) is 2.23. The van der Waals surface area contributed by atoms with Crippen LogP contribution in [0.5, 0.6) is 11.5 Å². The molecule has 0 spiro atoms. The van der Waals surface area contributed by atoms with E-state index in [-0.39, 0.29) is 6.10 Å². The van der Waals surface area contributed by atoms with Crippen molar-refractivity contribution in [1.82, 2.24) is 9.97 Å². The number of aromatic nitrogens is 2. The molecule has 0 aliphatic carbocycles. The molecule has 1 aliphatic heterocycles. The lowest BCUT2D eigenvalue weighted by atomic mass is 10.2. The van der Waals surface area contributed by atoms with Crippen LogP contribution < -0.4 is 9.47 Å². The van der Waals surface area contributed by atoms with Crippen LogP contribution in [-0.4, -0.2) is 16.6 Å². The molecule has 2 aromatic rings. The molecule has 0 saturated carbocycles. The largest absolute Gasteiger partial charge is 0.485 e. The number of fused-ring (bicyclic) bond motifs is 1. The van der Waals surface area contributed by atoms with E-state index >= 15 is 0 Å². The minimum absolute atomic E-state index is 0.254. The summed E-state index contributed by atoms with van der Waals surface area (Å²) in [6, 6.07) is 7.61. The number of ether oxygens (including phenoxy) is 2. The van der Waals surface area contributed by atoms with Crippen LogP contribution in [0.15, 0.2) is 24.3 Å². The highest BCUT2D eigenvalue weighted by Gasteiger charge is 2.24. The number of aromatic amines is 1. The van der Waals surface area contributed by atoms with Crippen molar-refractivity contribution in [3.05, 3.63) is 46.0 Å². The van der Waals surface area contributed by atoms with E-state index < -0.39 is 0 Å². The lowest BCUT2D eigenvalue weighted by Gasteiger charge is -2.26. The van der Waals surface area contributed by atoms with Crippen molar-refractivity contribution >= 4 is 12.2 Å². The maximum absolute atomic E-state index is 5.90. The number of aryl methyl sites for hydroxylation is 1. The summed E-state index contributed by atoms with van der Waals surface area (Å²) >= 11 is 5.25. The van der Waals surface area contributed by atoms with Crippen LogP contribution in [0.25, 0.3) is 0 Å². The second kappa shape index (κ2) is 4.66. The number of nitrogens with one attached hydrogen (secondary N) is 1. The number of rotatable bonds is 1. The van der Waals surface area contributed by atoms with Gasteiger partial charge < -0.3 is 14.5 Å². The number of benzene rings is 1. The summed E-state index contributed by atoms with van der Waals surface area (Å²) in [6.07, 6.45) is -0.254. The van der Waals surface area contributed by atoms with Crippen molar-refractivity contribution in [2.75, 3.05) is 6.61 Å². The molecule has 0 saturated heterocycles. The van der Waals surface area contributed by atoms with E-state index in [2.05, 4.69) is 9.97 Å². The van der Waals surface area contributed by atoms with Crippen molar-refractivity contribution in [3.8, 4) is 11.5 Å². The molecule has 1 aliphatic rings. The molecule has 1 atom stereocenters. The number of H-pyrrole nitrogens is 1. The Morgan fingerprint density at radius 1 is 1.26 bits per heavy atom. The number of hydrogen-bond acceptors (Lipinski definition) is 4. The van der Waals surface area contributed by atoms with E-state index in [1.165, 1.54) is 0 Å². The Morgan fingerprint density at radius 2 is 2.00 bits per heavy atom. The summed E-state index contributed by atoms with van der Waals surface area (Å²) in [7, 11) is 0. The molecule has 0 amide bonds. The van der Waals surface area contributed by atoms with E-state index in [4.69, 9.17) is 21.7 Å². The Bertz CT molecular complexity index is 681. The molecule has 1 unspecified atom stereocenters. The minimum atomic E-state index is -0.254. The zero-order chi connectivity index (χ0) is 13.4. The van der Waals surface area contributed by atoms with Crippen molar-refractivity contribution in [3.63, 3.8) is 0 Å². The van der Waals surface area contributed by atoms with Crippen molar-refractivity contribution < 1.29 is 9.47 Å². The zero-order valence-corrected chi connectivity index (χ0v) is 11.6. The van der Waals surface area contributed by atoms with E-state index in [1.54, 1.807) is 0 Å². The predicted molar refractivity (Wildman–Crippen MR) is 74.2 cm³/mol. The normalized spacial score (nSPS) is 17.3. The first kappa shape index (κ1) is 12.2. The van der Waals surface area contributed by atoms with Crippen LogP contribution in [0, 0.1) is 18.5 Å². The SMILES string of the molecule is Cc1[nH]c(C2COc3ccccc3O2)nc(=S)c1C. The van der Waals surface area contributed by atoms with Crippen molar-refractivity contribution in [2.24, 2.45) is 0 Å². The van der Waals surface area contributed by atoms with Gasteiger partial charge in [0, 0.05) is 11.3 Å². The van der Waals surface area contributed by atoms with Gasteiger partial charge in [0.25, 0.3) is 0 Å². The van der Waals surface area contributed by atoms with Crippen LogP contribution in [0.1, 0.15) is 23.2 Å². The molecule has 0 radical (unpaired) electrons. The Balaban J connectivity index is 1.95. The van der Waals surface area contributed by atoms with Crippen LogP contribution >= 0.6 is 12.2 Å². The Kier molecular flexibility index (Phi) is 2.98. The molecule has 19 heavy (non-hydrogen) atoms. The zero-order valence-electron chi connectivity index (χ0n) is 10.8. The molecule has 0 fully saturated rings. The van der Waals surface area contributed by atoms with E-state index in [0.717, 1.165) is 22.8 Å². The van der Waals surface area contributed by atoms with Gasteiger partial charge in [-0.3, -0.25) is 0 Å². The quantitative estimate of drug-likeness (QED) is 0.811. The monoisotopic (exact) mass is 274 g/mol. The Hall–Kier alpha value is -1.88. The second-order valence-electron chi connectivity index (χ2n) is 4.54. The third kappa shape index (κ3) is 2.21. The highest BCUT2D eigenvalue weighted by molar-refractivity contribution is 7.71. The molecular weight excluding hydrogens is 260 g/mol. The second-order valence-corrected chi connectivity index (χ2v) is 4.93. The summed E-state index contributed by atoms with van der Waals surface area (Å²) in [5, 5.41) is 0. The minimum Gasteiger partial charge on any atom is -0.485 e. The maximum atomic E-state index is 5.90. The highest BCUT2D eigenvalue weighted by Crippen LogP contribution is 2.35. The molecule has 0 bridgehead atoms. The van der Waals surface area contributed by atoms with Crippen molar-refractivity contribution in [2.45, 2.75) is 20.0 Å². The summed E-state index contributed by atoms with van der Waals surface area (Å²) in [5.74, 6) is 2.21. The summed E-state index contributed by atoms with van der Waals surface area (Å²) in [4.78, 5) is 7.62. The molecular formula is C14H14N2O2S.